The lowest BCUT2D eigenvalue weighted by atomic mass is 9.81. The van der Waals surface area contributed by atoms with Gasteiger partial charge < -0.3 is 0 Å². The molecule has 0 unspecified atom stereocenters. The molecule has 1 heterocycles. The number of rotatable bonds is 1. The summed E-state index contributed by atoms with van der Waals surface area (Å²) in [6, 6.07) is 7.61. The molecule has 3 nitrogen and oxygen atoms in total. The Kier molecular flexibility index (Phi) is 2.69. The van der Waals surface area contributed by atoms with E-state index in [1.807, 2.05) is 31.2 Å². The van der Waals surface area contributed by atoms with E-state index in [-0.39, 0.29) is 23.7 Å². The molecule has 0 N–H and O–H groups in total. The van der Waals surface area contributed by atoms with Gasteiger partial charge in [0.2, 0.25) is 11.8 Å². The predicted octanol–water partition coefficient (Wildman–Crippen LogP) is 2.67. The Morgan fingerprint density at radius 3 is 2.11 bits per heavy atom. The number of benzene rings is 1. The SMILES string of the molecule is Cc1ccccc1N1C(=O)[C@H]2CCCC[C@H]2C1=O. The van der Waals surface area contributed by atoms with Crippen molar-refractivity contribution in [1.82, 2.24) is 0 Å². The van der Waals surface area contributed by atoms with Crippen molar-refractivity contribution in [2.45, 2.75) is 32.6 Å². The average Bonchev–Trinajstić information content (AvgIpc) is 2.64. The van der Waals surface area contributed by atoms with Crippen LogP contribution in [0.5, 0.6) is 0 Å². The van der Waals surface area contributed by atoms with E-state index in [9.17, 15) is 9.59 Å². The summed E-state index contributed by atoms with van der Waals surface area (Å²) in [4.78, 5) is 26.2. The van der Waals surface area contributed by atoms with Gasteiger partial charge in [-0.25, -0.2) is 4.90 Å². The molecule has 94 valence electrons. The summed E-state index contributed by atoms with van der Waals surface area (Å²) in [5.41, 5.74) is 1.75. The van der Waals surface area contributed by atoms with Gasteiger partial charge in [0.1, 0.15) is 0 Å². The molecule has 18 heavy (non-hydrogen) atoms. The Balaban J connectivity index is 2.00. The molecule has 2 fully saturated rings. The van der Waals surface area contributed by atoms with E-state index in [2.05, 4.69) is 0 Å². The molecule has 1 aliphatic heterocycles. The van der Waals surface area contributed by atoms with Crippen LogP contribution in [0.3, 0.4) is 0 Å². The van der Waals surface area contributed by atoms with Crippen LogP contribution in [0.1, 0.15) is 31.2 Å². The van der Waals surface area contributed by atoms with E-state index in [1.165, 1.54) is 4.90 Å². The first-order chi connectivity index (χ1) is 8.70. The van der Waals surface area contributed by atoms with Crippen molar-refractivity contribution in [3.05, 3.63) is 29.8 Å². The molecule has 1 saturated heterocycles. The number of nitrogens with zero attached hydrogens (tertiary/aromatic N) is 1. The first kappa shape index (κ1) is 11.5. The van der Waals surface area contributed by atoms with E-state index >= 15 is 0 Å². The van der Waals surface area contributed by atoms with Crippen molar-refractivity contribution >= 4 is 17.5 Å². The van der Waals surface area contributed by atoms with Gasteiger partial charge >= 0.3 is 0 Å². The molecular formula is C15H17NO2. The maximum absolute atomic E-state index is 12.4. The molecule has 0 aromatic heterocycles. The van der Waals surface area contributed by atoms with Crippen molar-refractivity contribution < 1.29 is 9.59 Å². The Hall–Kier alpha value is -1.64. The largest absolute Gasteiger partial charge is 0.274 e. The van der Waals surface area contributed by atoms with Crippen LogP contribution in [0.2, 0.25) is 0 Å². The van der Waals surface area contributed by atoms with Gasteiger partial charge in [-0.05, 0) is 31.4 Å². The molecule has 2 aliphatic rings. The van der Waals surface area contributed by atoms with Crippen molar-refractivity contribution in [2.75, 3.05) is 4.90 Å². The number of imide groups is 1. The zero-order valence-electron chi connectivity index (χ0n) is 10.6. The molecule has 1 saturated carbocycles. The smallest absolute Gasteiger partial charge is 0.237 e. The third kappa shape index (κ3) is 1.57. The molecule has 0 spiro atoms. The second-order valence-corrected chi connectivity index (χ2v) is 5.30. The van der Waals surface area contributed by atoms with Crippen LogP contribution < -0.4 is 4.90 Å². The van der Waals surface area contributed by atoms with Gasteiger partial charge in [0.15, 0.2) is 0 Å². The molecule has 1 aromatic carbocycles. The fourth-order valence-electron chi connectivity index (χ4n) is 3.21. The number of carbonyl (C=O) groups is 2. The number of fused-ring (bicyclic) bond motifs is 1. The molecule has 0 radical (unpaired) electrons. The van der Waals surface area contributed by atoms with Crippen LogP contribution in [0.25, 0.3) is 0 Å². The quantitative estimate of drug-likeness (QED) is 0.711. The highest BCUT2D eigenvalue weighted by molar-refractivity contribution is 6.22. The average molecular weight is 243 g/mol. The fourth-order valence-corrected chi connectivity index (χ4v) is 3.21. The minimum absolute atomic E-state index is 0.0130. The second kappa shape index (κ2) is 4.23. The van der Waals surface area contributed by atoms with Crippen LogP contribution in [-0.2, 0) is 9.59 Å². The summed E-state index contributed by atoms with van der Waals surface area (Å²) < 4.78 is 0. The van der Waals surface area contributed by atoms with Crippen molar-refractivity contribution in [3.8, 4) is 0 Å². The van der Waals surface area contributed by atoms with Crippen LogP contribution in [0.4, 0.5) is 5.69 Å². The maximum Gasteiger partial charge on any atom is 0.237 e. The summed E-state index contributed by atoms with van der Waals surface area (Å²) in [6.07, 6.45) is 3.89. The summed E-state index contributed by atoms with van der Waals surface area (Å²) in [5.74, 6) is -0.102. The van der Waals surface area contributed by atoms with Gasteiger partial charge in [-0.2, -0.15) is 0 Å². The van der Waals surface area contributed by atoms with Gasteiger partial charge in [-0.15, -0.1) is 0 Å². The number of aryl methyl sites for hydroxylation is 1. The normalized spacial score (nSPS) is 27.5. The van der Waals surface area contributed by atoms with E-state index in [4.69, 9.17) is 0 Å². The molecule has 0 bridgehead atoms. The lowest BCUT2D eigenvalue weighted by Crippen LogP contribution is -2.31. The lowest BCUT2D eigenvalue weighted by molar-refractivity contribution is -0.122. The van der Waals surface area contributed by atoms with Gasteiger partial charge in [-0.1, -0.05) is 31.0 Å². The van der Waals surface area contributed by atoms with Crippen LogP contribution in [0, 0.1) is 18.8 Å². The maximum atomic E-state index is 12.4. The third-order valence-electron chi connectivity index (χ3n) is 4.20. The zero-order valence-corrected chi connectivity index (χ0v) is 10.6. The molecule has 1 aliphatic carbocycles. The summed E-state index contributed by atoms with van der Waals surface area (Å²) in [7, 11) is 0. The van der Waals surface area contributed by atoms with Gasteiger partial charge in [-0.3, -0.25) is 9.59 Å². The standard InChI is InChI=1S/C15H17NO2/c1-10-6-2-5-9-13(10)16-14(17)11-7-3-4-8-12(11)15(16)18/h2,5-6,9,11-12H,3-4,7-8H2,1H3/t11-,12+. The topological polar surface area (TPSA) is 37.4 Å². The van der Waals surface area contributed by atoms with E-state index in [0.29, 0.717) is 0 Å². The number of hydrogen-bond acceptors (Lipinski definition) is 2. The molecule has 2 atom stereocenters. The first-order valence-corrected chi connectivity index (χ1v) is 6.63. The predicted molar refractivity (Wildman–Crippen MR) is 69.1 cm³/mol. The molecule has 3 heteroatoms. The van der Waals surface area contributed by atoms with Crippen LogP contribution >= 0.6 is 0 Å². The lowest BCUT2D eigenvalue weighted by Gasteiger charge is -2.19. The Labute approximate surface area is 107 Å². The van der Waals surface area contributed by atoms with Crippen molar-refractivity contribution in [3.63, 3.8) is 0 Å². The Morgan fingerprint density at radius 2 is 1.56 bits per heavy atom. The van der Waals surface area contributed by atoms with E-state index in [0.717, 1.165) is 36.9 Å². The third-order valence-corrected chi connectivity index (χ3v) is 4.20. The van der Waals surface area contributed by atoms with Crippen molar-refractivity contribution in [2.24, 2.45) is 11.8 Å². The fraction of sp³-hybridized carbons (Fsp3) is 0.467. The molecule has 3 rings (SSSR count). The summed E-state index contributed by atoms with van der Waals surface area (Å²) in [5, 5.41) is 0. The van der Waals surface area contributed by atoms with E-state index in [1.54, 1.807) is 0 Å². The highest BCUT2D eigenvalue weighted by Crippen LogP contribution is 2.40. The van der Waals surface area contributed by atoms with Crippen LogP contribution in [0.15, 0.2) is 24.3 Å². The highest BCUT2D eigenvalue weighted by Gasteiger charge is 2.48. The number of carbonyl (C=O) groups excluding carboxylic acids is 2. The van der Waals surface area contributed by atoms with Gasteiger partial charge in [0.25, 0.3) is 0 Å². The monoisotopic (exact) mass is 243 g/mol. The molecule has 1 aromatic rings. The molecular weight excluding hydrogens is 226 g/mol. The minimum Gasteiger partial charge on any atom is -0.274 e. The molecule has 2 amide bonds. The Morgan fingerprint density at radius 1 is 1.00 bits per heavy atom. The van der Waals surface area contributed by atoms with Crippen LogP contribution in [-0.4, -0.2) is 11.8 Å². The van der Waals surface area contributed by atoms with Gasteiger partial charge in [0, 0.05) is 0 Å². The summed E-state index contributed by atoms with van der Waals surface area (Å²) >= 11 is 0. The number of hydrogen-bond donors (Lipinski definition) is 0. The number of anilines is 1. The highest BCUT2D eigenvalue weighted by atomic mass is 16.2. The number of amides is 2. The minimum atomic E-state index is -0.0640. The zero-order chi connectivity index (χ0) is 12.7. The Bertz CT molecular complexity index is 485. The number of para-hydroxylation sites is 1. The first-order valence-electron chi connectivity index (χ1n) is 6.63. The second-order valence-electron chi connectivity index (χ2n) is 5.30. The van der Waals surface area contributed by atoms with Crippen molar-refractivity contribution in [1.29, 1.82) is 0 Å². The van der Waals surface area contributed by atoms with Gasteiger partial charge in [0.05, 0.1) is 17.5 Å². The summed E-state index contributed by atoms with van der Waals surface area (Å²) in [6.45, 7) is 1.94. The van der Waals surface area contributed by atoms with E-state index < -0.39 is 0 Å².